The number of carbonyl (C=O) groups excluding carboxylic acids is 2. The number of nitrogens with zero attached hydrogens (tertiary/aromatic N) is 2. The number of anilines is 2. The second-order valence-corrected chi connectivity index (χ2v) is 7.86. The van der Waals surface area contributed by atoms with Crippen molar-refractivity contribution in [2.45, 2.75) is 5.66 Å². The standard InChI is InChI=1S/C27H19N3O2/c31-25-28-27(23-17-9-7-15-21(23)22-16-8-10-18-24(22)27)30(20-13-5-2-6-14-20)26(32)29(25)19-11-3-1-4-12-19/h1-18H,(H,28,31). The normalized spacial score (nSPS) is 16.0. The molecule has 1 N–H and O–H groups in total. The summed E-state index contributed by atoms with van der Waals surface area (Å²) in [5.41, 5.74) is 3.83. The van der Waals surface area contributed by atoms with Crippen LogP contribution < -0.4 is 15.1 Å². The van der Waals surface area contributed by atoms with E-state index >= 15 is 0 Å². The summed E-state index contributed by atoms with van der Waals surface area (Å²) in [6.45, 7) is 0. The smallest absolute Gasteiger partial charge is 0.306 e. The predicted molar refractivity (Wildman–Crippen MR) is 124 cm³/mol. The molecule has 1 aliphatic carbocycles. The highest BCUT2D eigenvalue weighted by Crippen LogP contribution is 2.52. The molecular formula is C27H19N3O2. The predicted octanol–water partition coefficient (Wildman–Crippen LogP) is 5.72. The number of nitrogens with one attached hydrogen (secondary N) is 1. The van der Waals surface area contributed by atoms with Gasteiger partial charge in [0.1, 0.15) is 0 Å². The van der Waals surface area contributed by atoms with E-state index in [2.05, 4.69) is 5.32 Å². The first-order valence-electron chi connectivity index (χ1n) is 10.5. The van der Waals surface area contributed by atoms with Crippen molar-refractivity contribution in [2.24, 2.45) is 0 Å². The highest BCUT2D eigenvalue weighted by molar-refractivity contribution is 6.23. The minimum absolute atomic E-state index is 0.405. The summed E-state index contributed by atoms with van der Waals surface area (Å²) in [7, 11) is 0. The molecule has 32 heavy (non-hydrogen) atoms. The molecular weight excluding hydrogens is 398 g/mol. The summed E-state index contributed by atoms with van der Waals surface area (Å²) in [4.78, 5) is 30.5. The molecule has 1 heterocycles. The van der Waals surface area contributed by atoms with E-state index in [4.69, 9.17) is 0 Å². The van der Waals surface area contributed by atoms with Crippen molar-refractivity contribution in [1.82, 2.24) is 5.32 Å². The molecule has 0 unspecified atom stereocenters. The maximum absolute atomic E-state index is 14.1. The molecule has 1 fully saturated rings. The second-order valence-electron chi connectivity index (χ2n) is 7.86. The number of benzene rings is 4. The third kappa shape index (κ3) is 2.39. The van der Waals surface area contributed by atoms with Gasteiger partial charge in [-0.3, -0.25) is 4.90 Å². The molecule has 4 aromatic rings. The van der Waals surface area contributed by atoms with E-state index in [9.17, 15) is 9.59 Å². The molecule has 4 amide bonds. The molecule has 0 radical (unpaired) electrons. The molecule has 6 rings (SSSR count). The van der Waals surface area contributed by atoms with E-state index in [-0.39, 0.29) is 0 Å². The Balaban J connectivity index is 1.65. The minimum Gasteiger partial charge on any atom is -0.306 e. The number of rotatable bonds is 2. The van der Waals surface area contributed by atoms with Crippen LogP contribution in [0.1, 0.15) is 11.1 Å². The van der Waals surface area contributed by atoms with E-state index in [0.29, 0.717) is 11.4 Å². The number of para-hydroxylation sites is 2. The molecule has 0 aromatic heterocycles. The lowest BCUT2D eigenvalue weighted by molar-refractivity contribution is 0.215. The SMILES string of the molecule is O=C1NC2(c3ccccc3-c3ccccc32)N(c2ccccc2)C(=O)N1c1ccccc1. The lowest BCUT2D eigenvalue weighted by atomic mass is 9.93. The van der Waals surface area contributed by atoms with Gasteiger partial charge >= 0.3 is 12.1 Å². The minimum atomic E-state index is -1.14. The lowest BCUT2D eigenvalue weighted by Gasteiger charge is -2.49. The first-order chi connectivity index (χ1) is 15.7. The van der Waals surface area contributed by atoms with Gasteiger partial charge in [-0.1, -0.05) is 84.9 Å². The van der Waals surface area contributed by atoms with Gasteiger partial charge in [-0.2, -0.15) is 0 Å². The number of carbonyl (C=O) groups is 2. The van der Waals surface area contributed by atoms with Gasteiger partial charge in [0.05, 0.1) is 5.69 Å². The average molecular weight is 417 g/mol. The van der Waals surface area contributed by atoms with Crippen LogP contribution in [0.4, 0.5) is 21.0 Å². The van der Waals surface area contributed by atoms with Gasteiger partial charge in [0.25, 0.3) is 0 Å². The summed E-state index contributed by atoms with van der Waals surface area (Å²) < 4.78 is 0. The van der Waals surface area contributed by atoms with E-state index in [1.54, 1.807) is 17.0 Å². The summed E-state index contributed by atoms with van der Waals surface area (Å²) in [5, 5.41) is 3.22. The molecule has 0 bridgehead atoms. The van der Waals surface area contributed by atoms with Crippen molar-refractivity contribution >= 4 is 23.4 Å². The third-order valence-electron chi connectivity index (χ3n) is 6.16. The molecule has 0 atom stereocenters. The van der Waals surface area contributed by atoms with Gasteiger partial charge in [-0.25, -0.2) is 14.5 Å². The van der Waals surface area contributed by atoms with Crippen LogP contribution in [0, 0.1) is 0 Å². The number of imide groups is 1. The van der Waals surface area contributed by atoms with Crippen LogP contribution >= 0.6 is 0 Å². The maximum Gasteiger partial charge on any atom is 0.339 e. The van der Waals surface area contributed by atoms with Crippen LogP contribution in [-0.2, 0) is 5.66 Å². The van der Waals surface area contributed by atoms with Crippen LogP contribution in [0.15, 0.2) is 109 Å². The fraction of sp³-hybridized carbons (Fsp3) is 0.0370. The van der Waals surface area contributed by atoms with Crippen molar-refractivity contribution < 1.29 is 9.59 Å². The monoisotopic (exact) mass is 417 g/mol. The van der Waals surface area contributed by atoms with E-state index in [0.717, 1.165) is 22.3 Å². The van der Waals surface area contributed by atoms with Crippen LogP contribution in [0.25, 0.3) is 11.1 Å². The van der Waals surface area contributed by atoms with Gasteiger partial charge in [-0.15, -0.1) is 0 Å². The van der Waals surface area contributed by atoms with Gasteiger partial charge in [0.2, 0.25) is 0 Å². The molecule has 154 valence electrons. The van der Waals surface area contributed by atoms with Crippen molar-refractivity contribution in [3.05, 3.63) is 120 Å². The molecule has 1 saturated heterocycles. The first kappa shape index (κ1) is 18.4. The molecule has 5 heteroatoms. The Morgan fingerprint density at radius 1 is 0.562 bits per heavy atom. The number of hydrogen-bond acceptors (Lipinski definition) is 2. The van der Waals surface area contributed by atoms with E-state index in [1.807, 2.05) is 97.1 Å². The first-order valence-corrected chi connectivity index (χ1v) is 10.5. The summed E-state index contributed by atoms with van der Waals surface area (Å²) in [5.74, 6) is 0. The molecule has 4 aromatic carbocycles. The molecule has 1 aliphatic heterocycles. The highest BCUT2D eigenvalue weighted by atomic mass is 16.2. The van der Waals surface area contributed by atoms with Crippen molar-refractivity contribution in [1.29, 1.82) is 0 Å². The van der Waals surface area contributed by atoms with Gasteiger partial charge in [0.15, 0.2) is 5.66 Å². The van der Waals surface area contributed by atoms with Gasteiger partial charge in [0, 0.05) is 16.8 Å². The fourth-order valence-corrected chi connectivity index (χ4v) is 4.87. The zero-order valence-corrected chi connectivity index (χ0v) is 17.1. The zero-order valence-electron chi connectivity index (χ0n) is 17.1. The average Bonchev–Trinajstić information content (AvgIpc) is 3.11. The number of amides is 4. The number of urea groups is 2. The van der Waals surface area contributed by atoms with E-state index < -0.39 is 17.7 Å². The molecule has 2 aliphatic rings. The van der Waals surface area contributed by atoms with E-state index in [1.165, 1.54) is 4.90 Å². The molecule has 1 spiro atoms. The largest absolute Gasteiger partial charge is 0.339 e. The van der Waals surface area contributed by atoms with Crippen LogP contribution in [0.5, 0.6) is 0 Å². The number of fused-ring (bicyclic) bond motifs is 5. The second kappa shape index (κ2) is 6.82. The Labute approximate surface area is 185 Å². The Morgan fingerprint density at radius 3 is 1.59 bits per heavy atom. The van der Waals surface area contributed by atoms with Crippen molar-refractivity contribution in [3.63, 3.8) is 0 Å². The van der Waals surface area contributed by atoms with Gasteiger partial charge in [-0.05, 0) is 35.4 Å². The van der Waals surface area contributed by atoms with Crippen molar-refractivity contribution in [2.75, 3.05) is 9.80 Å². The fourth-order valence-electron chi connectivity index (χ4n) is 4.87. The Morgan fingerprint density at radius 2 is 1.03 bits per heavy atom. The van der Waals surface area contributed by atoms with Crippen molar-refractivity contribution in [3.8, 4) is 11.1 Å². The van der Waals surface area contributed by atoms with Gasteiger partial charge < -0.3 is 5.32 Å². The maximum atomic E-state index is 14.1. The third-order valence-corrected chi connectivity index (χ3v) is 6.16. The van der Waals surface area contributed by atoms with Crippen LogP contribution in [-0.4, -0.2) is 12.1 Å². The molecule has 5 nitrogen and oxygen atoms in total. The quantitative estimate of drug-likeness (QED) is 0.453. The molecule has 0 saturated carbocycles. The number of hydrogen-bond donors (Lipinski definition) is 1. The summed E-state index contributed by atoms with van der Waals surface area (Å²) in [6.07, 6.45) is 0. The Hall–Kier alpha value is -4.38. The summed E-state index contributed by atoms with van der Waals surface area (Å²) in [6, 6.07) is 33.5. The Bertz CT molecular complexity index is 1310. The summed E-state index contributed by atoms with van der Waals surface area (Å²) >= 11 is 0. The lowest BCUT2D eigenvalue weighted by Crippen LogP contribution is -2.71. The Kier molecular flexibility index (Phi) is 3.92. The zero-order chi connectivity index (χ0) is 21.7. The highest BCUT2D eigenvalue weighted by Gasteiger charge is 2.56. The topological polar surface area (TPSA) is 52.7 Å². The van der Waals surface area contributed by atoms with Crippen LogP contribution in [0.2, 0.25) is 0 Å². The van der Waals surface area contributed by atoms with Crippen LogP contribution in [0.3, 0.4) is 0 Å².